The maximum absolute atomic E-state index is 13.0. The molecule has 1 N–H and O–H groups in total. The molecule has 4 rings (SSSR count). The molecule has 2 aromatic heterocycles. The lowest BCUT2D eigenvalue weighted by molar-refractivity contribution is 0.558. The van der Waals surface area contributed by atoms with Crippen LogP contribution in [-0.2, 0) is 30.7 Å². The Hall–Kier alpha value is -2.79. The monoisotopic (exact) mass is 404 g/mol. The normalized spacial score (nSPS) is 15.8. The van der Waals surface area contributed by atoms with Gasteiger partial charge in [-0.2, -0.15) is 0 Å². The molecule has 3 aromatic rings. The molecule has 28 heavy (non-hydrogen) atoms. The summed E-state index contributed by atoms with van der Waals surface area (Å²) in [5.41, 5.74) is -1.15. The lowest BCUT2D eigenvalue weighted by Crippen LogP contribution is -2.40. The van der Waals surface area contributed by atoms with E-state index < -0.39 is 26.8 Å². The van der Waals surface area contributed by atoms with Crippen LogP contribution in [0.25, 0.3) is 10.9 Å². The van der Waals surface area contributed by atoms with Gasteiger partial charge in [0.05, 0.1) is 22.3 Å². The Morgan fingerprint density at radius 1 is 1.21 bits per heavy atom. The number of aryl methyl sites for hydroxylation is 2. The third-order valence-electron chi connectivity index (χ3n) is 5.12. The van der Waals surface area contributed by atoms with E-state index in [0.29, 0.717) is 11.3 Å². The van der Waals surface area contributed by atoms with E-state index in [1.54, 1.807) is 11.6 Å². The maximum atomic E-state index is 13.0. The Morgan fingerprint density at radius 2 is 1.93 bits per heavy atom. The van der Waals surface area contributed by atoms with Crippen LogP contribution in [0, 0.1) is 0 Å². The molecule has 0 aliphatic heterocycles. The Morgan fingerprint density at radius 3 is 2.54 bits per heavy atom. The fourth-order valence-electron chi connectivity index (χ4n) is 3.07. The molecular weight excluding hydrogens is 384 g/mol. The summed E-state index contributed by atoms with van der Waals surface area (Å²) in [6.45, 7) is 1.77. The average molecular weight is 404 g/mol. The van der Waals surface area contributed by atoms with Gasteiger partial charge in [0.15, 0.2) is 5.82 Å². The van der Waals surface area contributed by atoms with Gasteiger partial charge < -0.3 is 4.57 Å². The minimum Gasteiger partial charge on any atom is -0.319 e. The molecule has 0 saturated heterocycles. The average Bonchev–Trinajstić information content (AvgIpc) is 3.22. The third-order valence-corrected chi connectivity index (χ3v) is 6.75. The van der Waals surface area contributed by atoms with Crippen LogP contribution in [0.1, 0.15) is 25.6 Å². The van der Waals surface area contributed by atoms with Crippen LogP contribution in [-0.4, -0.2) is 37.9 Å². The minimum atomic E-state index is -3.77. The highest BCUT2D eigenvalue weighted by atomic mass is 32.2. The smallest absolute Gasteiger partial charge is 0.319 e. The SMILES string of the molecule is Cn1cnnc1Cn1c(=O)c2cc(S(=O)(=O)NC3(C)CC3)ccc2n(C)c1=O. The first-order valence-electron chi connectivity index (χ1n) is 8.72. The molecule has 0 atom stereocenters. The van der Waals surface area contributed by atoms with Crippen molar-refractivity contribution in [3.63, 3.8) is 0 Å². The minimum absolute atomic E-state index is 0.00548. The Kier molecular flexibility index (Phi) is 4.05. The second-order valence-electron chi connectivity index (χ2n) is 7.44. The van der Waals surface area contributed by atoms with Gasteiger partial charge in [0.2, 0.25) is 10.0 Å². The highest BCUT2D eigenvalue weighted by Crippen LogP contribution is 2.36. The van der Waals surface area contributed by atoms with Crippen molar-refractivity contribution in [1.82, 2.24) is 28.6 Å². The van der Waals surface area contributed by atoms with E-state index in [2.05, 4.69) is 14.9 Å². The Bertz CT molecular complexity index is 1310. The molecule has 0 unspecified atom stereocenters. The zero-order valence-corrected chi connectivity index (χ0v) is 16.5. The zero-order chi connectivity index (χ0) is 20.3. The van der Waals surface area contributed by atoms with Crippen molar-refractivity contribution in [3.05, 3.63) is 51.2 Å². The zero-order valence-electron chi connectivity index (χ0n) is 15.7. The van der Waals surface area contributed by atoms with Gasteiger partial charge in [-0.15, -0.1) is 10.2 Å². The van der Waals surface area contributed by atoms with Crippen LogP contribution in [0.4, 0.5) is 0 Å². The summed E-state index contributed by atoms with van der Waals surface area (Å²) in [5, 5.41) is 7.80. The standard InChI is InChI=1S/C17H20N6O4S/c1-17(6-7-17)20-28(26,27)11-4-5-13-12(8-11)15(24)23(16(25)22(13)3)9-14-19-18-10-21(14)2/h4-5,8,10,20H,6-7,9H2,1-3H3. The summed E-state index contributed by atoms with van der Waals surface area (Å²) in [5.74, 6) is 0.436. The molecule has 10 nitrogen and oxygen atoms in total. The van der Waals surface area contributed by atoms with E-state index in [9.17, 15) is 18.0 Å². The van der Waals surface area contributed by atoms with Crippen LogP contribution in [0.2, 0.25) is 0 Å². The number of hydrogen-bond donors (Lipinski definition) is 1. The number of fused-ring (bicyclic) bond motifs is 1. The maximum Gasteiger partial charge on any atom is 0.331 e. The molecular formula is C17H20N6O4S. The molecule has 11 heteroatoms. The molecule has 148 valence electrons. The summed E-state index contributed by atoms with van der Waals surface area (Å²) in [4.78, 5) is 25.6. The first kappa shape index (κ1) is 18.6. The number of benzene rings is 1. The number of sulfonamides is 1. The van der Waals surface area contributed by atoms with Crippen LogP contribution in [0.15, 0.2) is 39.0 Å². The van der Waals surface area contributed by atoms with Gasteiger partial charge >= 0.3 is 5.69 Å². The number of nitrogens with zero attached hydrogens (tertiary/aromatic N) is 5. The Labute approximate surface area is 160 Å². The molecule has 2 heterocycles. The van der Waals surface area contributed by atoms with E-state index in [-0.39, 0.29) is 16.8 Å². The predicted octanol–water partition coefficient (Wildman–Crippen LogP) is -0.292. The highest BCUT2D eigenvalue weighted by molar-refractivity contribution is 7.89. The number of nitrogens with one attached hydrogen (secondary N) is 1. The van der Waals surface area contributed by atoms with Gasteiger partial charge in [0.25, 0.3) is 5.56 Å². The van der Waals surface area contributed by atoms with Crippen LogP contribution >= 0.6 is 0 Å². The topological polar surface area (TPSA) is 121 Å². The lowest BCUT2D eigenvalue weighted by atomic mass is 10.2. The van der Waals surface area contributed by atoms with Crippen molar-refractivity contribution in [2.24, 2.45) is 14.1 Å². The van der Waals surface area contributed by atoms with Crippen molar-refractivity contribution >= 4 is 20.9 Å². The van der Waals surface area contributed by atoms with Crippen molar-refractivity contribution in [2.75, 3.05) is 0 Å². The van der Waals surface area contributed by atoms with Crippen LogP contribution < -0.4 is 16.0 Å². The van der Waals surface area contributed by atoms with E-state index in [4.69, 9.17) is 0 Å². The summed E-state index contributed by atoms with van der Waals surface area (Å²) >= 11 is 0. The molecule has 1 aliphatic rings. The first-order valence-corrected chi connectivity index (χ1v) is 10.2. The van der Waals surface area contributed by atoms with Gasteiger partial charge in [0, 0.05) is 19.6 Å². The third kappa shape index (κ3) is 3.06. The fraction of sp³-hybridized carbons (Fsp3) is 0.412. The summed E-state index contributed by atoms with van der Waals surface area (Å²) in [7, 11) is -0.522. The molecule has 1 fully saturated rings. The fourth-order valence-corrected chi connectivity index (χ4v) is 4.56. The molecule has 1 aromatic carbocycles. The number of hydrogen-bond acceptors (Lipinski definition) is 6. The van der Waals surface area contributed by atoms with Gasteiger partial charge in [-0.05, 0) is 38.0 Å². The van der Waals surface area contributed by atoms with Crippen LogP contribution in [0.3, 0.4) is 0 Å². The summed E-state index contributed by atoms with van der Waals surface area (Å²) in [6, 6.07) is 4.20. The van der Waals surface area contributed by atoms with Gasteiger partial charge in [0.1, 0.15) is 6.33 Å². The molecule has 0 radical (unpaired) electrons. The van der Waals surface area contributed by atoms with E-state index in [0.717, 1.165) is 17.4 Å². The quantitative estimate of drug-likeness (QED) is 0.624. The largest absolute Gasteiger partial charge is 0.331 e. The lowest BCUT2D eigenvalue weighted by Gasteiger charge is -2.14. The van der Waals surface area contributed by atoms with Crippen molar-refractivity contribution in [1.29, 1.82) is 0 Å². The molecule has 0 amide bonds. The molecule has 0 bridgehead atoms. The number of rotatable bonds is 5. The van der Waals surface area contributed by atoms with Crippen molar-refractivity contribution < 1.29 is 8.42 Å². The molecule has 0 spiro atoms. The highest BCUT2D eigenvalue weighted by Gasteiger charge is 2.41. The van der Waals surface area contributed by atoms with Crippen molar-refractivity contribution in [3.8, 4) is 0 Å². The summed E-state index contributed by atoms with van der Waals surface area (Å²) in [6.07, 6.45) is 3.03. The molecule has 1 aliphatic carbocycles. The predicted molar refractivity (Wildman–Crippen MR) is 102 cm³/mol. The van der Waals surface area contributed by atoms with E-state index in [1.165, 1.54) is 36.1 Å². The first-order chi connectivity index (χ1) is 13.1. The summed E-state index contributed by atoms with van der Waals surface area (Å²) < 4.78 is 32.0. The van der Waals surface area contributed by atoms with E-state index >= 15 is 0 Å². The second kappa shape index (κ2) is 6.11. The van der Waals surface area contributed by atoms with Crippen molar-refractivity contribution in [2.45, 2.75) is 36.7 Å². The Balaban J connectivity index is 1.87. The van der Waals surface area contributed by atoms with Gasteiger partial charge in [-0.1, -0.05) is 0 Å². The van der Waals surface area contributed by atoms with Crippen LogP contribution in [0.5, 0.6) is 0 Å². The number of aromatic nitrogens is 5. The van der Waals surface area contributed by atoms with Gasteiger partial charge in [-0.25, -0.2) is 17.9 Å². The molecule has 1 saturated carbocycles. The van der Waals surface area contributed by atoms with Gasteiger partial charge in [-0.3, -0.25) is 13.9 Å². The second-order valence-corrected chi connectivity index (χ2v) is 9.12. The van der Waals surface area contributed by atoms with E-state index in [1.807, 2.05) is 6.92 Å².